The molecule has 118 valence electrons. The van der Waals surface area contributed by atoms with Crippen molar-refractivity contribution in [3.05, 3.63) is 0 Å². The number of alkyl halides is 3. The van der Waals surface area contributed by atoms with Gasteiger partial charge in [0.15, 0.2) is 0 Å². The van der Waals surface area contributed by atoms with Crippen molar-refractivity contribution in [1.82, 2.24) is 10.2 Å². The molecule has 1 amide bonds. The molecule has 0 radical (unpaired) electrons. The van der Waals surface area contributed by atoms with Gasteiger partial charge >= 0.3 is 0 Å². The highest BCUT2D eigenvalue weighted by Crippen LogP contribution is 2.33. The maximum Gasteiger partial charge on any atom is 0.223 e. The zero-order valence-electron chi connectivity index (χ0n) is 12.1. The van der Waals surface area contributed by atoms with Crippen LogP contribution in [0.4, 0.5) is 0 Å². The summed E-state index contributed by atoms with van der Waals surface area (Å²) >= 11 is 18.1. The molecule has 1 atom stereocenters. The van der Waals surface area contributed by atoms with Crippen molar-refractivity contribution in [1.29, 1.82) is 0 Å². The molecule has 1 N–H and O–H groups in total. The molecule has 20 heavy (non-hydrogen) atoms. The summed E-state index contributed by atoms with van der Waals surface area (Å²) < 4.78 is -1.49. The predicted octanol–water partition coefficient (Wildman–Crippen LogP) is 4.26. The molecule has 0 aliphatic carbocycles. The number of likely N-dealkylation sites (tertiary alicyclic amines) is 1. The van der Waals surface area contributed by atoms with Gasteiger partial charge in [-0.1, -0.05) is 67.4 Å². The fourth-order valence-corrected chi connectivity index (χ4v) is 3.07. The van der Waals surface area contributed by atoms with Gasteiger partial charge in [0.2, 0.25) is 9.70 Å². The molecular weight excluding hydrogens is 319 g/mol. The van der Waals surface area contributed by atoms with Crippen LogP contribution in [0.15, 0.2) is 0 Å². The van der Waals surface area contributed by atoms with Crippen LogP contribution >= 0.6 is 34.8 Å². The van der Waals surface area contributed by atoms with Crippen molar-refractivity contribution in [3.8, 4) is 0 Å². The Bertz CT molecular complexity index is 289. The second-order valence-corrected chi connectivity index (χ2v) is 7.79. The van der Waals surface area contributed by atoms with Crippen molar-refractivity contribution in [2.75, 3.05) is 13.1 Å². The van der Waals surface area contributed by atoms with Crippen molar-refractivity contribution in [2.24, 2.45) is 0 Å². The van der Waals surface area contributed by atoms with E-state index >= 15 is 0 Å². The van der Waals surface area contributed by atoms with Crippen LogP contribution < -0.4 is 5.32 Å². The standard InChI is InChI=1S/C14H25Cl3N2O/c1-2-3-4-6-9-12(20)18-13(14(15,16)17)19-10-7-5-8-11-19/h13H,2-11H2,1H3,(H,18,20). The molecule has 1 aliphatic heterocycles. The number of nitrogens with zero attached hydrogens (tertiary/aromatic N) is 1. The highest BCUT2D eigenvalue weighted by Gasteiger charge is 2.38. The van der Waals surface area contributed by atoms with Crippen LogP contribution in [0.2, 0.25) is 0 Å². The van der Waals surface area contributed by atoms with E-state index in [1.165, 1.54) is 6.42 Å². The lowest BCUT2D eigenvalue weighted by atomic mass is 10.1. The normalized spacial score (nSPS) is 18.8. The molecule has 1 saturated heterocycles. The van der Waals surface area contributed by atoms with E-state index < -0.39 is 9.96 Å². The Labute approximate surface area is 137 Å². The van der Waals surface area contributed by atoms with Crippen LogP contribution in [0.5, 0.6) is 0 Å². The Morgan fingerprint density at radius 2 is 1.80 bits per heavy atom. The van der Waals surface area contributed by atoms with E-state index in [9.17, 15) is 4.79 Å². The Balaban J connectivity index is 2.45. The quantitative estimate of drug-likeness (QED) is 0.553. The molecule has 1 rings (SSSR count). The zero-order chi connectivity index (χ0) is 15.0. The summed E-state index contributed by atoms with van der Waals surface area (Å²) in [4.78, 5) is 14.1. The van der Waals surface area contributed by atoms with Crippen LogP contribution in [0.25, 0.3) is 0 Å². The molecule has 1 unspecified atom stereocenters. The summed E-state index contributed by atoms with van der Waals surface area (Å²) in [6.07, 6.45) is 7.65. The summed E-state index contributed by atoms with van der Waals surface area (Å²) in [6, 6.07) is 0. The number of hydrogen-bond acceptors (Lipinski definition) is 2. The first-order valence-electron chi connectivity index (χ1n) is 7.55. The minimum atomic E-state index is -1.49. The third-order valence-electron chi connectivity index (χ3n) is 3.62. The number of hydrogen-bond donors (Lipinski definition) is 1. The van der Waals surface area contributed by atoms with Gasteiger partial charge in [-0.2, -0.15) is 0 Å². The lowest BCUT2D eigenvalue weighted by molar-refractivity contribution is -0.123. The molecular formula is C14H25Cl3N2O. The molecule has 0 spiro atoms. The monoisotopic (exact) mass is 342 g/mol. The van der Waals surface area contributed by atoms with E-state index in [1.54, 1.807) is 0 Å². The smallest absolute Gasteiger partial charge is 0.223 e. The van der Waals surface area contributed by atoms with Gasteiger partial charge in [-0.05, 0) is 19.3 Å². The maximum atomic E-state index is 12.0. The molecule has 0 aromatic carbocycles. The minimum Gasteiger partial charge on any atom is -0.337 e. The first-order chi connectivity index (χ1) is 9.45. The Kier molecular flexibility index (Phi) is 8.57. The fourth-order valence-electron chi connectivity index (χ4n) is 2.49. The average Bonchev–Trinajstić information content (AvgIpc) is 2.41. The molecule has 1 heterocycles. The number of halogens is 3. The summed E-state index contributed by atoms with van der Waals surface area (Å²) in [7, 11) is 0. The van der Waals surface area contributed by atoms with Crippen LogP contribution in [0.1, 0.15) is 58.3 Å². The molecule has 1 aliphatic rings. The topological polar surface area (TPSA) is 32.3 Å². The van der Waals surface area contributed by atoms with Crippen molar-refractivity contribution in [3.63, 3.8) is 0 Å². The molecule has 0 aromatic rings. The number of amides is 1. The van der Waals surface area contributed by atoms with Gasteiger partial charge in [-0.3, -0.25) is 9.69 Å². The van der Waals surface area contributed by atoms with Crippen LogP contribution in [0, 0.1) is 0 Å². The van der Waals surface area contributed by atoms with Gasteiger partial charge in [0.05, 0.1) is 0 Å². The van der Waals surface area contributed by atoms with E-state index in [-0.39, 0.29) is 5.91 Å². The second-order valence-electron chi connectivity index (χ2n) is 5.42. The molecule has 0 saturated carbocycles. The third-order valence-corrected chi connectivity index (χ3v) is 4.24. The number of carbonyl (C=O) groups is 1. The second kappa shape index (κ2) is 9.34. The van der Waals surface area contributed by atoms with E-state index in [0.717, 1.165) is 51.6 Å². The van der Waals surface area contributed by atoms with Crippen LogP contribution in [0.3, 0.4) is 0 Å². The summed E-state index contributed by atoms with van der Waals surface area (Å²) in [5.41, 5.74) is 0. The Morgan fingerprint density at radius 1 is 1.15 bits per heavy atom. The number of unbranched alkanes of at least 4 members (excludes halogenated alkanes) is 3. The first kappa shape index (κ1) is 18.3. The lowest BCUT2D eigenvalue weighted by Gasteiger charge is -2.38. The Morgan fingerprint density at radius 3 is 2.35 bits per heavy atom. The Hall–Kier alpha value is 0.300. The van der Waals surface area contributed by atoms with Crippen LogP contribution in [-0.4, -0.2) is 33.9 Å². The van der Waals surface area contributed by atoms with Crippen molar-refractivity contribution < 1.29 is 4.79 Å². The van der Waals surface area contributed by atoms with Crippen molar-refractivity contribution in [2.45, 2.75) is 68.2 Å². The summed E-state index contributed by atoms with van der Waals surface area (Å²) in [5.74, 6) is -0.0250. The fraction of sp³-hybridized carbons (Fsp3) is 0.929. The van der Waals surface area contributed by atoms with E-state index in [1.807, 2.05) is 0 Å². The molecule has 1 fully saturated rings. The predicted molar refractivity (Wildman–Crippen MR) is 86.4 cm³/mol. The van der Waals surface area contributed by atoms with E-state index in [0.29, 0.717) is 6.42 Å². The van der Waals surface area contributed by atoms with E-state index in [2.05, 4.69) is 17.1 Å². The van der Waals surface area contributed by atoms with Gasteiger partial charge in [-0.25, -0.2) is 0 Å². The van der Waals surface area contributed by atoms with Gasteiger partial charge < -0.3 is 5.32 Å². The third kappa shape index (κ3) is 6.84. The number of rotatable bonds is 7. The van der Waals surface area contributed by atoms with Crippen molar-refractivity contribution >= 4 is 40.7 Å². The molecule has 6 heteroatoms. The summed E-state index contributed by atoms with van der Waals surface area (Å²) in [6.45, 7) is 3.89. The maximum absolute atomic E-state index is 12.0. The van der Waals surface area contributed by atoms with Gasteiger partial charge in [-0.15, -0.1) is 0 Å². The number of piperidine rings is 1. The highest BCUT2D eigenvalue weighted by molar-refractivity contribution is 6.68. The van der Waals surface area contributed by atoms with Crippen LogP contribution in [-0.2, 0) is 4.79 Å². The molecule has 0 bridgehead atoms. The molecule has 3 nitrogen and oxygen atoms in total. The number of carbonyl (C=O) groups excluding carboxylic acids is 1. The summed E-state index contributed by atoms with van der Waals surface area (Å²) in [5, 5.41) is 2.89. The molecule has 0 aromatic heterocycles. The average molecular weight is 344 g/mol. The minimum absolute atomic E-state index is 0.0250. The van der Waals surface area contributed by atoms with E-state index in [4.69, 9.17) is 34.8 Å². The highest BCUT2D eigenvalue weighted by atomic mass is 35.6. The van der Waals surface area contributed by atoms with Gasteiger partial charge in [0.1, 0.15) is 6.17 Å². The number of nitrogens with one attached hydrogen (secondary N) is 1. The zero-order valence-corrected chi connectivity index (χ0v) is 14.4. The van der Waals surface area contributed by atoms with Gasteiger partial charge in [0.25, 0.3) is 0 Å². The first-order valence-corrected chi connectivity index (χ1v) is 8.68. The lowest BCUT2D eigenvalue weighted by Crippen LogP contribution is -2.56. The largest absolute Gasteiger partial charge is 0.337 e. The SMILES string of the molecule is CCCCCCC(=O)NC(N1CCCCC1)C(Cl)(Cl)Cl. The van der Waals surface area contributed by atoms with Gasteiger partial charge in [0, 0.05) is 19.5 Å².